The van der Waals surface area contributed by atoms with Crippen molar-refractivity contribution in [3.63, 3.8) is 0 Å². The van der Waals surface area contributed by atoms with E-state index >= 15 is 0 Å². The largest absolute Gasteiger partial charge is 0.495 e. The Kier molecular flexibility index (Phi) is 4.70. The molecule has 5 nitrogen and oxygen atoms in total. The monoisotopic (exact) mass is 405 g/mol. The average Bonchev–Trinajstić information content (AvgIpc) is 2.80. The summed E-state index contributed by atoms with van der Waals surface area (Å²) in [7, 11) is 2.88. The number of anilines is 1. The van der Waals surface area contributed by atoms with Gasteiger partial charge < -0.3 is 14.4 Å². The summed E-state index contributed by atoms with van der Waals surface area (Å²) in [6.07, 6.45) is 0.164. The maximum Gasteiger partial charge on any atom is 0.311 e. The number of ether oxygens (including phenoxy) is 2. The fourth-order valence-corrected chi connectivity index (χ4v) is 3.52. The fraction of sp³-hybridized carbons (Fsp3) is 0.385. The average molecular weight is 407 g/mol. The molecule has 7 heteroatoms. The number of hydrogen-bond acceptors (Lipinski definition) is 4. The maximum absolute atomic E-state index is 12.1. The molecule has 0 aromatic heterocycles. The lowest BCUT2D eigenvalue weighted by Crippen LogP contribution is -2.26. The van der Waals surface area contributed by atoms with Gasteiger partial charge in [0, 0.05) is 23.5 Å². The van der Waals surface area contributed by atoms with Crippen molar-refractivity contribution in [3.8, 4) is 5.75 Å². The molecule has 1 aliphatic heterocycles. The van der Waals surface area contributed by atoms with E-state index < -0.39 is 5.92 Å². The van der Waals surface area contributed by atoms with E-state index in [1.54, 1.807) is 18.1 Å². The van der Waals surface area contributed by atoms with E-state index in [1.165, 1.54) is 7.11 Å². The van der Waals surface area contributed by atoms with Crippen LogP contribution >= 0.6 is 31.9 Å². The summed E-state index contributed by atoms with van der Waals surface area (Å²) in [6.45, 7) is 0.314. The SMILES string of the molecule is COC(=O)C1CC(=O)N(c2cc(OC)c(Br)cc2Br)C1. The smallest absolute Gasteiger partial charge is 0.311 e. The first-order valence-corrected chi connectivity index (χ1v) is 7.47. The number of halogens is 2. The van der Waals surface area contributed by atoms with Gasteiger partial charge in [-0.15, -0.1) is 0 Å². The summed E-state index contributed by atoms with van der Waals surface area (Å²) in [6, 6.07) is 3.57. The van der Waals surface area contributed by atoms with Crippen molar-refractivity contribution in [3.05, 3.63) is 21.1 Å². The Labute approximate surface area is 133 Å². The Morgan fingerprint density at radius 1 is 1.30 bits per heavy atom. The molecule has 1 unspecified atom stereocenters. The summed E-state index contributed by atoms with van der Waals surface area (Å²) in [4.78, 5) is 25.2. The van der Waals surface area contributed by atoms with Gasteiger partial charge in [0.15, 0.2) is 0 Å². The molecule has 108 valence electrons. The maximum atomic E-state index is 12.1. The predicted molar refractivity (Wildman–Crippen MR) is 80.9 cm³/mol. The number of amides is 1. The van der Waals surface area contributed by atoms with Gasteiger partial charge in [0.05, 0.1) is 30.3 Å². The number of hydrogen-bond donors (Lipinski definition) is 0. The van der Waals surface area contributed by atoms with Crippen LogP contribution in [0.1, 0.15) is 6.42 Å². The third-order valence-electron chi connectivity index (χ3n) is 3.17. The molecule has 0 N–H and O–H groups in total. The minimum atomic E-state index is -0.422. The standard InChI is InChI=1S/C13H13Br2NO4/c1-19-11-5-10(8(14)4-9(11)15)16-6-7(3-12(16)17)13(18)20-2/h4-5,7H,3,6H2,1-2H3. The normalized spacial score (nSPS) is 18.3. The molecular weight excluding hydrogens is 394 g/mol. The molecule has 2 rings (SSSR count). The molecule has 1 aliphatic rings. The molecule has 0 bridgehead atoms. The number of methoxy groups -OCH3 is 2. The van der Waals surface area contributed by atoms with Crippen LogP contribution in [0.2, 0.25) is 0 Å². The van der Waals surface area contributed by atoms with E-state index in [9.17, 15) is 9.59 Å². The third-order valence-corrected chi connectivity index (χ3v) is 4.43. The fourth-order valence-electron chi connectivity index (χ4n) is 2.15. The van der Waals surface area contributed by atoms with Crippen LogP contribution in [0, 0.1) is 5.92 Å². The highest BCUT2D eigenvalue weighted by molar-refractivity contribution is 9.11. The summed E-state index contributed by atoms with van der Waals surface area (Å²) in [5.41, 5.74) is 0.682. The zero-order valence-corrected chi connectivity index (χ0v) is 14.2. The second-order valence-corrected chi connectivity index (χ2v) is 6.08. The Balaban J connectivity index is 2.32. The van der Waals surface area contributed by atoms with Crippen molar-refractivity contribution in [2.75, 3.05) is 25.7 Å². The van der Waals surface area contributed by atoms with Crippen LogP contribution in [0.15, 0.2) is 21.1 Å². The molecule has 1 saturated heterocycles. The van der Waals surface area contributed by atoms with Crippen LogP contribution in [0.4, 0.5) is 5.69 Å². The van der Waals surface area contributed by atoms with Crippen molar-refractivity contribution >= 4 is 49.4 Å². The second-order valence-electron chi connectivity index (χ2n) is 4.37. The molecule has 0 aliphatic carbocycles. The van der Waals surface area contributed by atoms with Crippen molar-refractivity contribution in [1.82, 2.24) is 0 Å². The lowest BCUT2D eigenvalue weighted by Gasteiger charge is -2.19. The second kappa shape index (κ2) is 6.13. The van der Waals surface area contributed by atoms with Crippen LogP contribution in [0.25, 0.3) is 0 Å². The quantitative estimate of drug-likeness (QED) is 0.724. The number of rotatable bonds is 3. The third kappa shape index (κ3) is 2.83. The first-order chi connectivity index (χ1) is 9.47. The first-order valence-electron chi connectivity index (χ1n) is 5.89. The zero-order chi connectivity index (χ0) is 14.9. The summed E-state index contributed by atoms with van der Waals surface area (Å²) in [5, 5.41) is 0. The van der Waals surface area contributed by atoms with Gasteiger partial charge in [-0.3, -0.25) is 9.59 Å². The van der Waals surface area contributed by atoms with Gasteiger partial charge in [0.2, 0.25) is 5.91 Å². The topological polar surface area (TPSA) is 55.8 Å². The van der Waals surface area contributed by atoms with E-state index in [0.717, 1.165) is 8.95 Å². The van der Waals surface area contributed by atoms with E-state index in [2.05, 4.69) is 31.9 Å². The van der Waals surface area contributed by atoms with E-state index in [0.29, 0.717) is 18.0 Å². The first kappa shape index (κ1) is 15.3. The van der Waals surface area contributed by atoms with E-state index in [1.807, 2.05) is 6.07 Å². The van der Waals surface area contributed by atoms with Crippen LogP contribution in [0.5, 0.6) is 5.75 Å². The molecule has 1 aromatic rings. The van der Waals surface area contributed by atoms with Crippen LogP contribution in [0.3, 0.4) is 0 Å². The highest BCUT2D eigenvalue weighted by Gasteiger charge is 2.36. The molecule has 1 heterocycles. The Bertz CT molecular complexity index is 562. The Morgan fingerprint density at radius 3 is 2.60 bits per heavy atom. The molecule has 0 spiro atoms. The summed E-state index contributed by atoms with van der Waals surface area (Å²) >= 11 is 6.81. The number of esters is 1. The van der Waals surface area contributed by atoms with Crippen LogP contribution in [-0.4, -0.2) is 32.6 Å². The molecule has 0 saturated carbocycles. The summed E-state index contributed by atoms with van der Waals surface area (Å²) < 4.78 is 11.5. The minimum absolute atomic E-state index is 0.106. The molecule has 20 heavy (non-hydrogen) atoms. The molecule has 1 atom stereocenters. The van der Waals surface area contributed by atoms with E-state index in [-0.39, 0.29) is 18.3 Å². The molecule has 0 radical (unpaired) electrons. The molecule has 1 amide bonds. The number of carbonyl (C=O) groups excluding carboxylic acids is 2. The van der Waals surface area contributed by atoms with Crippen LogP contribution in [-0.2, 0) is 14.3 Å². The minimum Gasteiger partial charge on any atom is -0.495 e. The van der Waals surface area contributed by atoms with Crippen molar-refractivity contribution in [2.45, 2.75) is 6.42 Å². The molecule has 1 fully saturated rings. The van der Waals surface area contributed by atoms with Crippen molar-refractivity contribution in [2.24, 2.45) is 5.92 Å². The van der Waals surface area contributed by atoms with Crippen LogP contribution < -0.4 is 9.64 Å². The lowest BCUT2D eigenvalue weighted by molar-refractivity contribution is -0.145. The van der Waals surface area contributed by atoms with Gasteiger partial charge in [-0.05, 0) is 37.9 Å². The van der Waals surface area contributed by atoms with Gasteiger partial charge in [-0.25, -0.2) is 0 Å². The zero-order valence-electron chi connectivity index (χ0n) is 11.0. The lowest BCUT2D eigenvalue weighted by atomic mass is 10.1. The Hall–Kier alpha value is -1.08. The van der Waals surface area contributed by atoms with Gasteiger partial charge in [0.1, 0.15) is 5.75 Å². The van der Waals surface area contributed by atoms with Crippen molar-refractivity contribution < 1.29 is 19.1 Å². The predicted octanol–water partition coefficient (Wildman–Crippen LogP) is 2.75. The Morgan fingerprint density at radius 2 is 2.00 bits per heavy atom. The molecule has 1 aromatic carbocycles. The number of benzene rings is 1. The van der Waals surface area contributed by atoms with E-state index in [4.69, 9.17) is 9.47 Å². The highest BCUT2D eigenvalue weighted by atomic mass is 79.9. The number of carbonyl (C=O) groups is 2. The molecular formula is C13H13Br2NO4. The number of nitrogens with zero attached hydrogens (tertiary/aromatic N) is 1. The van der Waals surface area contributed by atoms with Crippen molar-refractivity contribution in [1.29, 1.82) is 0 Å². The highest BCUT2D eigenvalue weighted by Crippen LogP contribution is 2.38. The summed E-state index contributed by atoms with van der Waals surface area (Å²) in [5.74, 6) is -0.266. The van der Waals surface area contributed by atoms with Gasteiger partial charge in [0.25, 0.3) is 0 Å². The van der Waals surface area contributed by atoms with Gasteiger partial charge in [-0.2, -0.15) is 0 Å². The van der Waals surface area contributed by atoms with Gasteiger partial charge >= 0.3 is 5.97 Å². The van der Waals surface area contributed by atoms with Gasteiger partial charge in [-0.1, -0.05) is 0 Å².